The molecule has 0 aromatic heterocycles. The molecule has 11 heavy (non-hydrogen) atoms. The minimum Gasteiger partial charge on any atom is -0.298 e. The summed E-state index contributed by atoms with van der Waals surface area (Å²) in [5.74, 6) is -4.14. The zero-order valence-corrected chi connectivity index (χ0v) is 7.53. The molecule has 0 aromatic carbocycles. The second-order valence-electron chi connectivity index (χ2n) is 2.81. The predicted molar refractivity (Wildman–Crippen MR) is 41.1 cm³/mol. The highest BCUT2D eigenvalue weighted by atomic mass is 79.9. The number of carbonyl (C=O) groups excluding carboxylic acids is 1. The Hall–Kier alpha value is 0.01000. The fourth-order valence-electron chi connectivity index (χ4n) is 1.42. The van der Waals surface area contributed by atoms with Crippen LogP contribution in [0.4, 0.5) is 8.78 Å². The maximum atomic E-state index is 12.8. The first-order valence-corrected chi connectivity index (χ1v) is 4.66. The molecule has 0 radical (unpaired) electrons. The molecule has 0 amide bonds. The van der Waals surface area contributed by atoms with E-state index >= 15 is 0 Å². The zero-order chi connectivity index (χ0) is 8.48. The maximum absolute atomic E-state index is 12.8. The number of halogens is 3. The Morgan fingerprint density at radius 1 is 1.64 bits per heavy atom. The lowest BCUT2D eigenvalue weighted by Gasteiger charge is -2.15. The first kappa shape index (κ1) is 9.10. The second-order valence-corrected chi connectivity index (χ2v) is 3.37. The molecular formula is C7H9BrF2O. The van der Waals surface area contributed by atoms with E-state index in [4.69, 9.17) is 0 Å². The van der Waals surface area contributed by atoms with Crippen molar-refractivity contribution in [3.05, 3.63) is 0 Å². The molecule has 1 nitrogen and oxygen atoms in total. The van der Waals surface area contributed by atoms with Crippen LogP contribution < -0.4 is 0 Å². The van der Waals surface area contributed by atoms with Gasteiger partial charge in [-0.1, -0.05) is 15.9 Å². The Labute approximate surface area is 72.3 Å². The summed E-state index contributed by atoms with van der Waals surface area (Å²) in [6.45, 7) is 0. The summed E-state index contributed by atoms with van der Waals surface area (Å²) in [6, 6.07) is 0. The minimum absolute atomic E-state index is 0.0489. The van der Waals surface area contributed by atoms with Gasteiger partial charge in [-0.15, -0.1) is 0 Å². The van der Waals surface area contributed by atoms with E-state index in [9.17, 15) is 13.6 Å². The van der Waals surface area contributed by atoms with Gasteiger partial charge in [0.15, 0.2) is 5.78 Å². The summed E-state index contributed by atoms with van der Waals surface area (Å²) in [5, 5.41) is 0.0489. The van der Waals surface area contributed by atoms with Crippen LogP contribution in [0.1, 0.15) is 19.3 Å². The van der Waals surface area contributed by atoms with Crippen LogP contribution >= 0.6 is 15.9 Å². The Balaban J connectivity index is 2.64. The molecule has 1 atom stereocenters. The van der Waals surface area contributed by atoms with Crippen LogP contribution in [0.5, 0.6) is 0 Å². The van der Waals surface area contributed by atoms with Crippen molar-refractivity contribution in [3.8, 4) is 0 Å². The van der Waals surface area contributed by atoms with E-state index in [1.807, 2.05) is 0 Å². The topological polar surface area (TPSA) is 17.1 Å². The van der Waals surface area contributed by atoms with Crippen molar-refractivity contribution in [2.75, 3.05) is 5.33 Å². The van der Waals surface area contributed by atoms with Crippen LogP contribution in [-0.4, -0.2) is 17.0 Å². The summed E-state index contributed by atoms with van der Waals surface area (Å²) >= 11 is 2.89. The van der Waals surface area contributed by atoms with Gasteiger partial charge in [-0.3, -0.25) is 4.79 Å². The first-order valence-electron chi connectivity index (χ1n) is 3.54. The van der Waals surface area contributed by atoms with Crippen molar-refractivity contribution >= 4 is 21.7 Å². The van der Waals surface area contributed by atoms with E-state index in [0.29, 0.717) is 12.8 Å². The van der Waals surface area contributed by atoms with E-state index in [1.165, 1.54) is 0 Å². The van der Waals surface area contributed by atoms with Gasteiger partial charge in [0.1, 0.15) is 0 Å². The molecule has 1 rings (SSSR count). The van der Waals surface area contributed by atoms with Crippen molar-refractivity contribution in [2.45, 2.75) is 25.2 Å². The third-order valence-corrected chi connectivity index (χ3v) is 2.59. The van der Waals surface area contributed by atoms with Crippen LogP contribution in [0.25, 0.3) is 0 Å². The van der Waals surface area contributed by atoms with Gasteiger partial charge in [0.05, 0.1) is 11.2 Å². The SMILES string of the molecule is O=C(CBr)C1CCCC1(F)F. The molecule has 0 bridgehead atoms. The van der Waals surface area contributed by atoms with Crippen LogP contribution in [0.2, 0.25) is 0 Å². The molecule has 1 aliphatic carbocycles. The van der Waals surface area contributed by atoms with Gasteiger partial charge in [-0.25, -0.2) is 8.78 Å². The summed E-state index contributed by atoms with van der Waals surface area (Å²) in [7, 11) is 0. The van der Waals surface area contributed by atoms with Gasteiger partial charge in [0.2, 0.25) is 0 Å². The molecular weight excluding hydrogens is 218 g/mol. The van der Waals surface area contributed by atoms with Gasteiger partial charge < -0.3 is 0 Å². The molecule has 1 aliphatic rings. The van der Waals surface area contributed by atoms with E-state index < -0.39 is 11.8 Å². The van der Waals surface area contributed by atoms with Crippen LogP contribution in [0.15, 0.2) is 0 Å². The van der Waals surface area contributed by atoms with Crippen LogP contribution in [0, 0.1) is 5.92 Å². The van der Waals surface area contributed by atoms with Gasteiger partial charge in [-0.2, -0.15) is 0 Å². The molecule has 64 valence electrons. The molecule has 0 aliphatic heterocycles. The Bertz CT molecular complexity index is 170. The Morgan fingerprint density at radius 3 is 2.64 bits per heavy atom. The quantitative estimate of drug-likeness (QED) is 0.662. The van der Waals surface area contributed by atoms with Crippen LogP contribution in [-0.2, 0) is 4.79 Å². The number of carbonyl (C=O) groups is 1. The number of alkyl halides is 3. The molecule has 1 unspecified atom stereocenters. The van der Waals surface area contributed by atoms with Crippen molar-refractivity contribution < 1.29 is 13.6 Å². The minimum atomic E-state index is -2.75. The van der Waals surface area contributed by atoms with Crippen LogP contribution in [0.3, 0.4) is 0 Å². The van der Waals surface area contributed by atoms with E-state index in [-0.39, 0.29) is 17.5 Å². The Morgan fingerprint density at radius 2 is 2.27 bits per heavy atom. The number of Topliss-reactive ketones (excluding diaryl/α,β-unsaturated/α-hetero) is 1. The zero-order valence-electron chi connectivity index (χ0n) is 5.95. The molecule has 4 heteroatoms. The lowest BCUT2D eigenvalue weighted by molar-refractivity contribution is -0.130. The van der Waals surface area contributed by atoms with E-state index in [2.05, 4.69) is 15.9 Å². The molecule has 0 spiro atoms. The largest absolute Gasteiger partial charge is 0.298 e. The lowest BCUT2D eigenvalue weighted by Crippen LogP contribution is -2.29. The Kier molecular flexibility index (Phi) is 2.62. The third-order valence-electron chi connectivity index (χ3n) is 2.03. The molecule has 0 heterocycles. The summed E-state index contributed by atoms with van der Waals surface area (Å²) in [5.41, 5.74) is 0. The van der Waals surface area contributed by atoms with E-state index in [1.54, 1.807) is 0 Å². The number of ketones is 1. The highest BCUT2D eigenvalue weighted by molar-refractivity contribution is 9.09. The molecule has 0 aromatic rings. The lowest BCUT2D eigenvalue weighted by atomic mass is 10.0. The van der Waals surface area contributed by atoms with Crippen molar-refractivity contribution in [1.29, 1.82) is 0 Å². The third kappa shape index (κ3) is 1.78. The number of hydrogen-bond acceptors (Lipinski definition) is 1. The van der Waals surface area contributed by atoms with Crippen molar-refractivity contribution in [2.24, 2.45) is 5.92 Å². The fraction of sp³-hybridized carbons (Fsp3) is 0.857. The summed E-state index contributed by atoms with van der Waals surface area (Å²) < 4.78 is 25.6. The van der Waals surface area contributed by atoms with Gasteiger partial charge in [0, 0.05) is 6.42 Å². The fourth-order valence-corrected chi connectivity index (χ4v) is 1.81. The maximum Gasteiger partial charge on any atom is 0.257 e. The normalized spacial score (nSPS) is 28.8. The first-order chi connectivity index (χ1) is 5.08. The summed E-state index contributed by atoms with van der Waals surface area (Å²) in [4.78, 5) is 10.9. The monoisotopic (exact) mass is 226 g/mol. The van der Waals surface area contributed by atoms with Gasteiger partial charge >= 0.3 is 0 Å². The van der Waals surface area contributed by atoms with Crippen molar-refractivity contribution in [1.82, 2.24) is 0 Å². The standard InChI is InChI=1S/C7H9BrF2O/c8-4-6(11)5-2-1-3-7(5,9)10/h5H,1-4H2. The number of hydrogen-bond donors (Lipinski definition) is 0. The number of rotatable bonds is 2. The van der Waals surface area contributed by atoms with E-state index in [0.717, 1.165) is 0 Å². The molecule has 0 saturated heterocycles. The second kappa shape index (κ2) is 3.17. The predicted octanol–water partition coefficient (Wildman–Crippen LogP) is 2.39. The van der Waals surface area contributed by atoms with Gasteiger partial charge in [0.25, 0.3) is 5.92 Å². The molecule has 1 fully saturated rings. The molecule has 1 saturated carbocycles. The van der Waals surface area contributed by atoms with Gasteiger partial charge in [-0.05, 0) is 12.8 Å². The average Bonchev–Trinajstić information content (AvgIpc) is 2.28. The highest BCUT2D eigenvalue weighted by Crippen LogP contribution is 2.40. The summed E-state index contributed by atoms with van der Waals surface area (Å²) in [6.07, 6.45) is 0.685. The molecule has 0 N–H and O–H groups in total. The highest BCUT2D eigenvalue weighted by Gasteiger charge is 2.47. The smallest absolute Gasteiger partial charge is 0.257 e. The van der Waals surface area contributed by atoms with Crippen molar-refractivity contribution in [3.63, 3.8) is 0 Å². The average molecular weight is 227 g/mol.